The molecule has 0 aliphatic heterocycles. The molecule has 0 aliphatic rings. The Balaban J connectivity index is 2.01. The minimum Gasteiger partial charge on any atom is -0.493 e. The molecule has 1 amide bonds. The predicted octanol–water partition coefficient (Wildman–Crippen LogP) is 3.23. The molecule has 0 radical (unpaired) electrons. The Morgan fingerprint density at radius 2 is 1.65 bits per heavy atom. The summed E-state index contributed by atoms with van der Waals surface area (Å²) in [7, 11) is 1.45. The molecule has 31 heavy (non-hydrogen) atoms. The summed E-state index contributed by atoms with van der Waals surface area (Å²) in [4.78, 5) is 35.4. The van der Waals surface area contributed by atoms with E-state index in [1.165, 1.54) is 19.3 Å². The number of benzene rings is 2. The van der Waals surface area contributed by atoms with Crippen LogP contribution in [-0.2, 0) is 14.3 Å². The number of carbonyl (C=O) groups excluding carboxylic acids is 3. The van der Waals surface area contributed by atoms with Gasteiger partial charge in [-0.2, -0.15) is 0 Å². The van der Waals surface area contributed by atoms with Gasteiger partial charge in [0.05, 0.1) is 7.11 Å². The van der Waals surface area contributed by atoms with Crippen LogP contribution in [0.25, 0.3) is 6.08 Å². The van der Waals surface area contributed by atoms with E-state index in [9.17, 15) is 14.4 Å². The third kappa shape index (κ3) is 6.18. The van der Waals surface area contributed by atoms with Crippen LogP contribution in [0.5, 0.6) is 11.5 Å². The van der Waals surface area contributed by atoms with Gasteiger partial charge in [-0.25, -0.2) is 4.79 Å². The summed E-state index contributed by atoms with van der Waals surface area (Å²) in [5.41, 5.74) is 10.4. The number of rotatable bonds is 9. The number of hydrogen-bond acceptors (Lipinski definition) is 6. The maximum Gasteiger partial charge on any atom is 0.331 e. The Kier molecular flexibility index (Phi) is 7.96. The van der Waals surface area contributed by atoms with Crippen molar-refractivity contribution in [3.63, 3.8) is 0 Å². The van der Waals surface area contributed by atoms with Crippen LogP contribution in [0.1, 0.15) is 38.2 Å². The van der Waals surface area contributed by atoms with Crippen LogP contribution in [-0.4, -0.2) is 38.0 Å². The molecule has 0 unspecified atom stereocenters. The summed E-state index contributed by atoms with van der Waals surface area (Å²) >= 11 is 0. The molecule has 0 aromatic heterocycles. The first-order valence-electron chi connectivity index (χ1n) is 9.68. The SMILES string of the molecule is COc1cc(/C=C/C(=O)OCC(=O)c2cc(C)c(C)c(C)c2C)ccc1OCC(N)=O. The van der Waals surface area contributed by atoms with Crippen LogP contribution in [0, 0.1) is 27.7 Å². The molecule has 0 heterocycles. The third-order valence-corrected chi connectivity index (χ3v) is 5.10. The first-order valence-corrected chi connectivity index (χ1v) is 9.68. The lowest BCUT2D eigenvalue weighted by Crippen LogP contribution is -2.20. The van der Waals surface area contributed by atoms with Crippen molar-refractivity contribution in [3.8, 4) is 11.5 Å². The number of aryl methyl sites for hydroxylation is 1. The number of nitrogens with two attached hydrogens (primary N) is 1. The fourth-order valence-electron chi connectivity index (χ4n) is 2.98. The largest absolute Gasteiger partial charge is 0.493 e. The van der Waals surface area contributed by atoms with Crippen molar-refractivity contribution in [2.75, 3.05) is 20.3 Å². The van der Waals surface area contributed by atoms with Crippen molar-refractivity contribution in [1.29, 1.82) is 0 Å². The Morgan fingerprint density at radius 3 is 2.29 bits per heavy atom. The number of hydrogen-bond donors (Lipinski definition) is 1. The maximum absolute atomic E-state index is 12.5. The van der Waals surface area contributed by atoms with Crippen molar-refractivity contribution < 1.29 is 28.6 Å². The van der Waals surface area contributed by atoms with E-state index in [1.54, 1.807) is 18.2 Å². The molecule has 2 N–H and O–H groups in total. The van der Waals surface area contributed by atoms with Gasteiger partial charge in [0, 0.05) is 11.6 Å². The lowest BCUT2D eigenvalue weighted by atomic mass is 9.93. The molecule has 2 aromatic carbocycles. The lowest BCUT2D eigenvalue weighted by Gasteiger charge is -2.13. The minimum atomic E-state index is -0.639. The molecule has 0 saturated heterocycles. The van der Waals surface area contributed by atoms with E-state index in [0.29, 0.717) is 22.6 Å². The van der Waals surface area contributed by atoms with Gasteiger partial charge in [0.1, 0.15) is 0 Å². The van der Waals surface area contributed by atoms with E-state index < -0.39 is 11.9 Å². The first kappa shape index (κ1) is 23.7. The molecule has 7 heteroatoms. The third-order valence-electron chi connectivity index (χ3n) is 5.10. The van der Waals surface area contributed by atoms with Gasteiger partial charge in [0.15, 0.2) is 24.7 Å². The second-order valence-corrected chi connectivity index (χ2v) is 7.15. The number of ether oxygens (including phenoxy) is 3. The van der Waals surface area contributed by atoms with Crippen LogP contribution in [0.2, 0.25) is 0 Å². The number of methoxy groups -OCH3 is 1. The highest BCUT2D eigenvalue weighted by Gasteiger charge is 2.15. The molecule has 0 atom stereocenters. The zero-order valence-corrected chi connectivity index (χ0v) is 18.4. The van der Waals surface area contributed by atoms with E-state index in [1.807, 2.05) is 33.8 Å². The second-order valence-electron chi connectivity index (χ2n) is 7.15. The van der Waals surface area contributed by atoms with Gasteiger partial charge in [-0.15, -0.1) is 0 Å². The predicted molar refractivity (Wildman–Crippen MR) is 117 cm³/mol. The zero-order valence-electron chi connectivity index (χ0n) is 18.4. The molecule has 2 aromatic rings. The van der Waals surface area contributed by atoms with Gasteiger partial charge >= 0.3 is 5.97 Å². The summed E-state index contributed by atoms with van der Waals surface area (Å²) < 4.78 is 15.6. The molecule has 164 valence electrons. The van der Waals surface area contributed by atoms with Crippen molar-refractivity contribution in [1.82, 2.24) is 0 Å². The number of ketones is 1. The van der Waals surface area contributed by atoms with E-state index in [0.717, 1.165) is 22.3 Å². The number of primary amides is 1. The fraction of sp³-hybridized carbons (Fsp3) is 0.292. The Bertz CT molecular complexity index is 1040. The molecule has 0 bridgehead atoms. The average molecular weight is 425 g/mol. The summed E-state index contributed by atoms with van der Waals surface area (Å²) in [5.74, 6) is -0.754. The van der Waals surface area contributed by atoms with E-state index in [2.05, 4.69) is 0 Å². The van der Waals surface area contributed by atoms with Crippen molar-refractivity contribution >= 4 is 23.7 Å². The highest BCUT2D eigenvalue weighted by molar-refractivity contribution is 6.00. The standard InChI is InChI=1S/C24H27NO6/c1-14-10-19(17(4)16(3)15(14)2)20(26)12-31-24(28)9-7-18-6-8-21(22(11-18)29-5)30-13-23(25)27/h6-11H,12-13H2,1-5H3,(H2,25,27)/b9-7+. The van der Waals surface area contributed by atoms with E-state index in [-0.39, 0.29) is 19.0 Å². The lowest BCUT2D eigenvalue weighted by molar-refractivity contribution is -0.136. The molecular weight excluding hydrogens is 398 g/mol. The number of carbonyl (C=O) groups is 3. The van der Waals surface area contributed by atoms with Gasteiger partial charge in [0.2, 0.25) is 5.78 Å². The van der Waals surface area contributed by atoms with Crippen LogP contribution in [0.3, 0.4) is 0 Å². The zero-order chi connectivity index (χ0) is 23.1. The molecular formula is C24H27NO6. The first-order chi connectivity index (χ1) is 14.6. The smallest absolute Gasteiger partial charge is 0.331 e. The molecule has 0 fully saturated rings. The average Bonchev–Trinajstić information content (AvgIpc) is 2.75. The van der Waals surface area contributed by atoms with Crippen LogP contribution in [0.4, 0.5) is 0 Å². The monoisotopic (exact) mass is 425 g/mol. The second kappa shape index (κ2) is 10.4. The number of esters is 1. The van der Waals surface area contributed by atoms with Gasteiger partial charge in [0.25, 0.3) is 5.91 Å². The fourth-order valence-corrected chi connectivity index (χ4v) is 2.98. The quantitative estimate of drug-likeness (QED) is 0.376. The highest BCUT2D eigenvalue weighted by atomic mass is 16.5. The number of amides is 1. The summed E-state index contributed by atoms with van der Waals surface area (Å²) in [6, 6.07) is 6.74. The van der Waals surface area contributed by atoms with Crippen molar-refractivity contribution in [3.05, 3.63) is 63.7 Å². The van der Waals surface area contributed by atoms with Gasteiger partial charge in [-0.1, -0.05) is 6.07 Å². The Labute approximate surface area is 181 Å². The van der Waals surface area contributed by atoms with Gasteiger partial charge in [-0.3, -0.25) is 9.59 Å². The van der Waals surface area contributed by atoms with Crippen LogP contribution >= 0.6 is 0 Å². The topological polar surface area (TPSA) is 105 Å². The molecule has 0 aliphatic carbocycles. The molecule has 7 nitrogen and oxygen atoms in total. The summed E-state index contributed by atoms with van der Waals surface area (Å²) in [6.45, 7) is 7.22. The molecule has 0 saturated carbocycles. The Morgan fingerprint density at radius 1 is 0.935 bits per heavy atom. The normalized spacial score (nSPS) is 10.7. The highest BCUT2D eigenvalue weighted by Crippen LogP contribution is 2.28. The minimum absolute atomic E-state index is 0.247. The van der Waals surface area contributed by atoms with Crippen LogP contribution < -0.4 is 15.2 Å². The summed E-state index contributed by atoms with van der Waals surface area (Å²) in [5, 5.41) is 0. The van der Waals surface area contributed by atoms with Crippen LogP contribution in [0.15, 0.2) is 30.3 Å². The van der Waals surface area contributed by atoms with E-state index >= 15 is 0 Å². The molecule has 2 rings (SSSR count). The van der Waals surface area contributed by atoms with Crippen molar-refractivity contribution in [2.45, 2.75) is 27.7 Å². The maximum atomic E-state index is 12.5. The molecule has 0 spiro atoms. The van der Waals surface area contributed by atoms with Gasteiger partial charge < -0.3 is 19.9 Å². The van der Waals surface area contributed by atoms with Crippen molar-refractivity contribution in [2.24, 2.45) is 5.73 Å². The summed E-state index contributed by atoms with van der Waals surface area (Å²) in [6.07, 6.45) is 2.75. The Hall–Kier alpha value is -3.61. The number of Topliss-reactive ketones (excluding diaryl/α,β-unsaturated/α-hetero) is 1. The van der Waals surface area contributed by atoms with E-state index in [4.69, 9.17) is 19.9 Å². The van der Waals surface area contributed by atoms with Gasteiger partial charge in [-0.05, 0) is 79.8 Å².